The first-order valence-electron chi connectivity index (χ1n) is 6.58. The summed E-state index contributed by atoms with van der Waals surface area (Å²) < 4.78 is 2.02. The van der Waals surface area contributed by atoms with E-state index in [0.717, 1.165) is 23.4 Å². The number of hydrogen-bond donors (Lipinski definition) is 0. The van der Waals surface area contributed by atoms with E-state index in [2.05, 4.69) is 29.4 Å². The van der Waals surface area contributed by atoms with Crippen molar-refractivity contribution in [2.24, 2.45) is 0 Å². The van der Waals surface area contributed by atoms with Gasteiger partial charge in [0.2, 0.25) is 0 Å². The summed E-state index contributed by atoms with van der Waals surface area (Å²) in [5, 5.41) is 4.49. The van der Waals surface area contributed by atoms with Crippen molar-refractivity contribution >= 4 is 11.6 Å². The molecule has 0 fully saturated rings. The first-order chi connectivity index (χ1) is 9.88. The zero-order chi connectivity index (χ0) is 13.8. The molecule has 2 nitrogen and oxygen atoms in total. The molecular formula is C17H15ClN2. The SMILES string of the molecule is ClCc1cnn(Cc2ccccc2)c1-c1ccccc1. The Balaban J connectivity index is 2.02. The largest absolute Gasteiger partial charge is 0.260 e. The van der Waals surface area contributed by atoms with Crippen LogP contribution in [0.2, 0.25) is 0 Å². The number of hydrogen-bond acceptors (Lipinski definition) is 1. The fraction of sp³-hybridized carbons (Fsp3) is 0.118. The van der Waals surface area contributed by atoms with Crippen LogP contribution in [0, 0.1) is 0 Å². The van der Waals surface area contributed by atoms with Crippen LogP contribution in [0.3, 0.4) is 0 Å². The number of benzene rings is 2. The minimum Gasteiger partial charge on any atom is -0.260 e. The van der Waals surface area contributed by atoms with Crippen molar-refractivity contribution in [1.82, 2.24) is 9.78 Å². The summed E-state index contributed by atoms with van der Waals surface area (Å²) in [6.45, 7) is 0.752. The van der Waals surface area contributed by atoms with Crippen LogP contribution in [-0.2, 0) is 12.4 Å². The van der Waals surface area contributed by atoms with E-state index >= 15 is 0 Å². The predicted octanol–water partition coefficient (Wildman–Crippen LogP) is 4.34. The van der Waals surface area contributed by atoms with E-state index in [1.165, 1.54) is 5.56 Å². The van der Waals surface area contributed by atoms with Gasteiger partial charge < -0.3 is 0 Å². The summed E-state index contributed by atoms with van der Waals surface area (Å²) in [5.74, 6) is 0.471. The first kappa shape index (κ1) is 12.9. The summed E-state index contributed by atoms with van der Waals surface area (Å²) in [5.41, 5.74) is 4.55. The lowest BCUT2D eigenvalue weighted by Crippen LogP contribution is -2.04. The summed E-state index contributed by atoms with van der Waals surface area (Å²) in [4.78, 5) is 0. The number of aromatic nitrogens is 2. The monoisotopic (exact) mass is 282 g/mol. The molecule has 0 aliphatic rings. The summed E-state index contributed by atoms with van der Waals surface area (Å²) in [6.07, 6.45) is 1.86. The zero-order valence-electron chi connectivity index (χ0n) is 11.0. The Bertz CT molecular complexity index is 675. The van der Waals surface area contributed by atoms with E-state index in [4.69, 9.17) is 11.6 Å². The molecule has 1 heterocycles. The van der Waals surface area contributed by atoms with Crippen molar-refractivity contribution in [2.75, 3.05) is 0 Å². The van der Waals surface area contributed by atoms with Crippen molar-refractivity contribution in [1.29, 1.82) is 0 Å². The molecular weight excluding hydrogens is 268 g/mol. The van der Waals surface area contributed by atoms with Crippen LogP contribution in [0.5, 0.6) is 0 Å². The molecule has 0 amide bonds. The molecule has 20 heavy (non-hydrogen) atoms. The van der Waals surface area contributed by atoms with Crippen LogP contribution < -0.4 is 0 Å². The van der Waals surface area contributed by atoms with Crippen LogP contribution >= 0.6 is 11.6 Å². The second-order valence-corrected chi connectivity index (χ2v) is 4.93. The fourth-order valence-electron chi connectivity index (χ4n) is 2.33. The molecule has 0 aliphatic carbocycles. The normalized spacial score (nSPS) is 10.7. The highest BCUT2D eigenvalue weighted by atomic mass is 35.5. The Hall–Kier alpha value is -2.06. The van der Waals surface area contributed by atoms with Crippen LogP contribution in [-0.4, -0.2) is 9.78 Å². The lowest BCUT2D eigenvalue weighted by Gasteiger charge is -2.09. The van der Waals surface area contributed by atoms with Crippen LogP contribution in [0.15, 0.2) is 66.9 Å². The van der Waals surface area contributed by atoms with Gasteiger partial charge in [-0.05, 0) is 5.56 Å². The maximum atomic E-state index is 6.04. The third-order valence-electron chi connectivity index (χ3n) is 3.28. The molecule has 1 aromatic heterocycles. The van der Waals surface area contributed by atoms with Gasteiger partial charge >= 0.3 is 0 Å². The average Bonchev–Trinajstić information content (AvgIpc) is 2.92. The quantitative estimate of drug-likeness (QED) is 0.651. The topological polar surface area (TPSA) is 17.8 Å². The van der Waals surface area contributed by atoms with E-state index < -0.39 is 0 Å². The molecule has 100 valence electrons. The summed E-state index contributed by atoms with van der Waals surface area (Å²) >= 11 is 6.04. The third kappa shape index (κ3) is 2.61. The Labute approximate surface area is 123 Å². The van der Waals surface area contributed by atoms with Gasteiger partial charge in [0, 0.05) is 11.1 Å². The second-order valence-electron chi connectivity index (χ2n) is 4.66. The van der Waals surface area contributed by atoms with Crippen molar-refractivity contribution < 1.29 is 0 Å². The molecule has 3 aromatic rings. The highest BCUT2D eigenvalue weighted by Crippen LogP contribution is 2.25. The van der Waals surface area contributed by atoms with Crippen molar-refractivity contribution in [3.05, 3.63) is 78.0 Å². The van der Waals surface area contributed by atoms with Gasteiger partial charge in [-0.1, -0.05) is 60.7 Å². The van der Waals surface area contributed by atoms with E-state index in [9.17, 15) is 0 Å². The molecule has 3 heteroatoms. The standard InChI is InChI=1S/C17H15ClN2/c18-11-16-12-19-20(13-14-7-3-1-4-8-14)17(16)15-9-5-2-6-10-15/h1-10,12H,11,13H2. The minimum absolute atomic E-state index is 0.471. The van der Waals surface area contributed by atoms with Crippen molar-refractivity contribution in [3.8, 4) is 11.3 Å². The fourth-order valence-corrected chi connectivity index (χ4v) is 2.52. The van der Waals surface area contributed by atoms with Gasteiger partial charge in [0.15, 0.2) is 0 Å². The van der Waals surface area contributed by atoms with Gasteiger partial charge in [-0.25, -0.2) is 0 Å². The number of alkyl halides is 1. The van der Waals surface area contributed by atoms with E-state index in [0.29, 0.717) is 5.88 Å². The molecule has 0 spiro atoms. The van der Waals surface area contributed by atoms with Crippen molar-refractivity contribution in [2.45, 2.75) is 12.4 Å². The predicted molar refractivity (Wildman–Crippen MR) is 82.8 cm³/mol. The lowest BCUT2D eigenvalue weighted by molar-refractivity contribution is 0.694. The highest BCUT2D eigenvalue weighted by Gasteiger charge is 2.12. The molecule has 0 unspecified atom stereocenters. The van der Waals surface area contributed by atoms with Crippen molar-refractivity contribution in [3.63, 3.8) is 0 Å². The minimum atomic E-state index is 0.471. The molecule has 0 saturated heterocycles. The van der Waals surface area contributed by atoms with Gasteiger partial charge in [-0.15, -0.1) is 11.6 Å². The van der Waals surface area contributed by atoms with E-state index in [1.54, 1.807) is 0 Å². The molecule has 0 aliphatic heterocycles. The van der Waals surface area contributed by atoms with Gasteiger partial charge in [0.25, 0.3) is 0 Å². The Morgan fingerprint density at radius 3 is 2.20 bits per heavy atom. The zero-order valence-corrected chi connectivity index (χ0v) is 11.8. The molecule has 0 N–H and O–H groups in total. The van der Waals surface area contributed by atoms with E-state index in [-0.39, 0.29) is 0 Å². The molecule has 0 radical (unpaired) electrons. The Kier molecular flexibility index (Phi) is 3.84. The van der Waals surface area contributed by atoms with E-state index in [1.807, 2.05) is 47.3 Å². The van der Waals surface area contributed by atoms with Crippen LogP contribution in [0.1, 0.15) is 11.1 Å². The Morgan fingerprint density at radius 2 is 1.55 bits per heavy atom. The number of halogens is 1. The van der Waals surface area contributed by atoms with Gasteiger partial charge in [-0.3, -0.25) is 4.68 Å². The summed E-state index contributed by atoms with van der Waals surface area (Å²) in [6, 6.07) is 20.6. The molecule has 2 aromatic carbocycles. The third-order valence-corrected chi connectivity index (χ3v) is 3.57. The maximum absolute atomic E-state index is 6.04. The Morgan fingerprint density at radius 1 is 0.900 bits per heavy atom. The smallest absolute Gasteiger partial charge is 0.0730 e. The first-order valence-corrected chi connectivity index (χ1v) is 7.12. The molecule has 3 rings (SSSR count). The van der Waals surface area contributed by atoms with Crippen LogP contribution in [0.25, 0.3) is 11.3 Å². The molecule has 0 saturated carbocycles. The molecule has 0 bridgehead atoms. The lowest BCUT2D eigenvalue weighted by atomic mass is 10.1. The second kappa shape index (κ2) is 5.93. The number of rotatable bonds is 4. The molecule has 0 atom stereocenters. The van der Waals surface area contributed by atoms with Crippen LogP contribution in [0.4, 0.5) is 0 Å². The summed E-state index contributed by atoms with van der Waals surface area (Å²) in [7, 11) is 0. The average molecular weight is 283 g/mol. The van der Waals surface area contributed by atoms with Gasteiger partial charge in [0.05, 0.1) is 24.3 Å². The maximum Gasteiger partial charge on any atom is 0.0730 e. The number of nitrogens with zero attached hydrogens (tertiary/aromatic N) is 2. The highest BCUT2D eigenvalue weighted by molar-refractivity contribution is 6.17. The van der Waals surface area contributed by atoms with Gasteiger partial charge in [-0.2, -0.15) is 5.10 Å². The van der Waals surface area contributed by atoms with Gasteiger partial charge in [0.1, 0.15) is 0 Å².